The van der Waals surface area contributed by atoms with Crippen LogP contribution in [0.5, 0.6) is 0 Å². The zero-order chi connectivity index (χ0) is 18.1. The van der Waals surface area contributed by atoms with Gasteiger partial charge < -0.3 is 15.3 Å². The molecule has 24 heavy (non-hydrogen) atoms. The Labute approximate surface area is 145 Å². The molecular weight excluding hydrogens is 328 g/mol. The predicted octanol–water partition coefficient (Wildman–Crippen LogP) is 2.10. The normalized spacial score (nSPS) is 16.4. The van der Waals surface area contributed by atoms with Crippen LogP contribution in [0.1, 0.15) is 48.7 Å². The van der Waals surface area contributed by atoms with E-state index in [0.29, 0.717) is 11.3 Å². The molecule has 6 nitrogen and oxygen atoms in total. The second-order valence-electron chi connectivity index (χ2n) is 7.13. The Balaban J connectivity index is 1.97. The lowest BCUT2D eigenvalue weighted by atomic mass is 9.95. The first-order chi connectivity index (χ1) is 11.1. The summed E-state index contributed by atoms with van der Waals surface area (Å²) in [5, 5.41) is 11.7. The average molecular weight is 352 g/mol. The highest BCUT2D eigenvalue weighted by Crippen LogP contribution is 2.29. The molecule has 1 aromatic rings. The molecule has 0 spiro atoms. The van der Waals surface area contributed by atoms with Crippen LogP contribution in [0.15, 0.2) is 12.1 Å². The van der Waals surface area contributed by atoms with Crippen LogP contribution in [0, 0.1) is 5.92 Å². The number of carbonyl (C=O) groups is 3. The lowest BCUT2D eigenvalue weighted by Crippen LogP contribution is -2.58. The van der Waals surface area contributed by atoms with E-state index in [4.69, 9.17) is 5.11 Å². The number of nitrogens with zero attached hydrogens (tertiary/aromatic N) is 1. The molecule has 1 saturated heterocycles. The fourth-order valence-electron chi connectivity index (χ4n) is 2.47. The van der Waals surface area contributed by atoms with Crippen LogP contribution in [0.2, 0.25) is 0 Å². The van der Waals surface area contributed by atoms with E-state index >= 15 is 0 Å². The Morgan fingerprint density at radius 2 is 1.96 bits per heavy atom. The first-order valence-electron chi connectivity index (χ1n) is 8.06. The van der Waals surface area contributed by atoms with Gasteiger partial charge in [0, 0.05) is 18.0 Å². The molecule has 0 saturated carbocycles. The topological polar surface area (TPSA) is 86.7 Å². The van der Waals surface area contributed by atoms with Crippen LogP contribution in [-0.4, -0.2) is 46.9 Å². The number of aliphatic carboxylic acids is 1. The van der Waals surface area contributed by atoms with Gasteiger partial charge in [-0.1, -0.05) is 27.7 Å². The van der Waals surface area contributed by atoms with Gasteiger partial charge in [-0.2, -0.15) is 0 Å². The molecule has 0 radical (unpaired) electrons. The first kappa shape index (κ1) is 18.4. The standard InChI is InChI=1S/C17H24N2O4S/c1-5-11(15(21)19-8-10(9-19)16(22)23)18-14(20)12-6-7-13(24-12)17(2,3)4/h6-7,10-11H,5,8-9H2,1-4H3,(H,18,20)(H,22,23). The summed E-state index contributed by atoms with van der Waals surface area (Å²) in [6, 6.07) is 3.10. The van der Waals surface area contributed by atoms with Crippen LogP contribution in [0.25, 0.3) is 0 Å². The van der Waals surface area contributed by atoms with Gasteiger partial charge in [0.1, 0.15) is 6.04 Å². The third-order valence-electron chi connectivity index (χ3n) is 4.12. The van der Waals surface area contributed by atoms with Crippen molar-refractivity contribution in [2.45, 2.75) is 45.6 Å². The Hall–Kier alpha value is -1.89. The number of carboxylic acid groups (broad SMARTS) is 1. The van der Waals surface area contributed by atoms with E-state index in [1.54, 1.807) is 6.07 Å². The highest BCUT2D eigenvalue weighted by Gasteiger charge is 2.38. The minimum absolute atomic E-state index is 0.0212. The van der Waals surface area contributed by atoms with Gasteiger partial charge in [0.2, 0.25) is 5.91 Å². The van der Waals surface area contributed by atoms with E-state index < -0.39 is 17.9 Å². The fourth-order valence-corrected chi connectivity index (χ4v) is 3.43. The quantitative estimate of drug-likeness (QED) is 0.849. The van der Waals surface area contributed by atoms with E-state index in [0.717, 1.165) is 4.88 Å². The van der Waals surface area contributed by atoms with E-state index in [-0.39, 0.29) is 30.3 Å². The third kappa shape index (κ3) is 3.95. The molecule has 132 valence electrons. The molecule has 2 rings (SSSR count). The summed E-state index contributed by atoms with van der Waals surface area (Å²) in [6.07, 6.45) is 0.469. The van der Waals surface area contributed by atoms with Crippen molar-refractivity contribution in [2.24, 2.45) is 5.92 Å². The second-order valence-corrected chi connectivity index (χ2v) is 8.21. The molecule has 1 fully saturated rings. The number of hydrogen-bond acceptors (Lipinski definition) is 4. The number of rotatable bonds is 5. The number of carboxylic acids is 1. The van der Waals surface area contributed by atoms with Gasteiger partial charge in [-0.05, 0) is 24.0 Å². The molecule has 0 bridgehead atoms. The zero-order valence-corrected chi connectivity index (χ0v) is 15.3. The van der Waals surface area contributed by atoms with Crippen LogP contribution >= 0.6 is 11.3 Å². The first-order valence-corrected chi connectivity index (χ1v) is 8.88. The van der Waals surface area contributed by atoms with Crippen molar-refractivity contribution in [3.8, 4) is 0 Å². The molecule has 1 aliphatic heterocycles. The molecule has 0 aromatic carbocycles. The third-order valence-corrected chi connectivity index (χ3v) is 5.63. The maximum atomic E-state index is 12.4. The number of likely N-dealkylation sites (tertiary alicyclic amines) is 1. The Kier molecular flexibility index (Phi) is 5.32. The summed E-state index contributed by atoms with van der Waals surface area (Å²) in [6.45, 7) is 8.51. The van der Waals surface area contributed by atoms with Crippen molar-refractivity contribution in [2.75, 3.05) is 13.1 Å². The SMILES string of the molecule is CCC(NC(=O)c1ccc(C(C)(C)C)s1)C(=O)N1CC(C(=O)O)C1. The smallest absolute Gasteiger partial charge is 0.310 e. The molecule has 1 aliphatic rings. The zero-order valence-electron chi connectivity index (χ0n) is 14.5. The maximum absolute atomic E-state index is 12.4. The molecule has 2 amide bonds. The van der Waals surface area contributed by atoms with E-state index in [1.165, 1.54) is 16.2 Å². The molecular formula is C17H24N2O4S. The van der Waals surface area contributed by atoms with Gasteiger partial charge in [-0.3, -0.25) is 14.4 Å². The summed E-state index contributed by atoms with van der Waals surface area (Å²) in [7, 11) is 0. The lowest BCUT2D eigenvalue weighted by molar-refractivity contribution is -0.153. The molecule has 1 atom stereocenters. The molecule has 1 aromatic heterocycles. The predicted molar refractivity (Wildman–Crippen MR) is 92.3 cm³/mol. The lowest BCUT2D eigenvalue weighted by Gasteiger charge is -2.38. The number of carbonyl (C=O) groups excluding carboxylic acids is 2. The summed E-state index contributed by atoms with van der Waals surface area (Å²) >= 11 is 1.43. The van der Waals surface area contributed by atoms with Crippen molar-refractivity contribution in [3.05, 3.63) is 21.9 Å². The number of hydrogen-bond donors (Lipinski definition) is 2. The number of amides is 2. The van der Waals surface area contributed by atoms with Gasteiger partial charge >= 0.3 is 5.97 Å². The van der Waals surface area contributed by atoms with Crippen molar-refractivity contribution in [3.63, 3.8) is 0 Å². The van der Waals surface area contributed by atoms with Crippen molar-refractivity contribution in [1.29, 1.82) is 0 Å². The molecule has 7 heteroatoms. The van der Waals surface area contributed by atoms with Crippen molar-refractivity contribution >= 4 is 29.1 Å². The van der Waals surface area contributed by atoms with Crippen molar-refractivity contribution in [1.82, 2.24) is 10.2 Å². The Morgan fingerprint density at radius 1 is 1.33 bits per heavy atom. The monoisotopic (exact) mass is 352 g/mol. The van der Waals surface area contributed by atoms with Crippen LogP contribution in [0.3, 0.4) is 0 Å². The minimum atomic E-state index is -0.885. The summed E-state index contributed by atoms with van der Waals surface area (Å²) < 4.78 is 0. The maximum Gasteiger partial charge on any atom is 0.310 e. The Morgan fingerprint density at radius 3 is 2.42 bits per heavy atom. The molecule has 2 heterocycles. The van der Waals surface area contributed by atoms with Crippen molar-refractivity contribution < 1.29 is 19.5 Å². The Bertz CT molecular complexity index is 641. The highest BCUT2D eigenvalue weighted by atomic mass is 32.1. The summed E-state index contributed by atoms with van der Waals surface area (Å²) in [5.74, 6) is -1.85. The largest absolute Gasteiger partial charge is 0.481 e. The van der Waals surface area contributed by atoms with E-state index in [2.05, 4.69) is 26.1 Å². The van der Waals surface area contributed by atoms with Gasteiger partial charge in [0.25, 0.3) is 5.91 Å². The average Bonchev–Trinajstić information content (AvgIpc) is 2.92. The number of thiophene rings is 1. The molecule has 2 N–H and O–H groups in total. The summed E-state index contributed by atoms with van der Waals surface area (Å²) in [5.41, 5.74) is -0.0212. The molecule has 0 aliphatic carbocycles. The minimum Gasteiger partial charge on any atom is -0.481 e. The fraction of sp³-hybridized carbons (Fsp3) is 0.588. The summed E-state index contributed by atoms with van der Waals surface area (Å²) in [4.78, 5) is 38.8. The molecule has 1 unspecified atom stereocenters. The van der Waals surface area contributed by atoms with Crippen LogP contribution in [0.4, 0.5) is 0 Å². The highest BCUT2D eigenvalue weighted by molar-refractivity contribution is 7.14. The van der Waals surface area contributed by atoms with Gasteiger partial charge in [-0.25, -0.2) is 0 Å². The van der Waals surface area contributed by atoms with Crippen LogP contribution in [-0.2, 0) is 15.0 Å². The van der Waals surface area contributed by atoms with Gasteiger partial charge in [0.15, 0.2) is 0 Å². The second kappa shape index (κ2) is 6.93. The number of nitrogens with one attached hydrogen (secondary N) is 1. The van der Waals surface area contributed by atoms with E-state index in [1.807, 2.05) is 13.0 Å². The van der Waals surface area contributed by atoms with E-state index in [9.17, 15) is 14.4 Å². The van der Waals surface area contributed by atoms with Crippen LogP contribution < -0.4 is 5.32 Å². The van der Waals surface area contributed by atoms with Gasteiger partial charge in [0.05, 0.1) is 10.8 Å². The van der Waals surface area contributed by atoms with Gasteiger partial charge in [-0.15, -0.1) is 11.3 Å².